The predicted octanol–water partition coefficient (Wildman–Crippen LogP) is 4.13. The van der Waals surface area contributed by atoms with Crippen LogP contribution in [0.2, 0.25) is 0 Å². The summed E-state index contributed by atoms with van der Waals surface area (Å²) < 4.78 is 51.9. The fourth-order valence-corrected chi connectivity index (χ4v) is 3.32. The molecule has 1 aromatic rings. The molecule has 0 spiro atoms. The molecule has 4 nitrogen and oxygen atoms in total. The third-order valence-electron chi connectivity index (χ3n) is 5.15. The summed E-state index contributed by atoms with van der Waals surface area (Å²) in [5.74, 6) is -1.75. The van der Waals surface area contributed by atoms with Gasteiger partial charge in [-0.05, 0) is 45.1 Å². The van der Waals surface area contributed by atoms with Gasteiger partial charge in [-0.3, -0.25) is 0 Å². The van der Waals surface area contributed by atoms with E-state index in [1.807, 2.05) is 0 Å². The highest BCUT2D eigenvalue weighted by Crippen LogP contribution is 2.44. The van der Waals surface area contributed by atoms with Gasteiger partial charge in [0.25, 0.3) is 5.60 Å². The van der Waals surface area contributed by atoms with Crippen molar-refractivity contribution in [3.8, 4) is 0 Å². The predicted molar refractivity (Wildman–Crippen MR) is 93.8 cm³/mol. The van der Waals surface area contributed by atoms with Crippen LogP contribution in [0.3, 0.4) is 0 Å². The summed E-state index contributed by atoms with van der Waals surface area (Å²) in [6, 6.07) is 6.72. The summed E-state index contributed by atoms with van der Waals surface area (Å²) >= 11 is 0. The molecule has 2 rings (SSSR count). The Morgan fingerprint density at radius 1 is 1.19 bits per heavy atom. The normalized spacial score (nSPS) is 23.3. The van der Waals surface area contributed by atoms with Crippen molar-refractivity contribution in [1.82, 2.24) is 0 Å². The Bertz CT molecular complexity index is 691. The third kappa shape index (κ3) is 4.19. The van der Waals surface area contributed by atoms with Crippen LogP contribution in [0.4, 0.5) is 13.2 Å². The van der Waals surface area contributed by atoms with Crippen molar-refractivity contribution in [3.63, 3.8) is 0 Å². The van der Waals surface area contributed by atoms with E-state index in [4.69, 9.17) is 9.47 Å². The minimum Gasteiger partial charge on any atom is -0.455 e. The number of benzene rings is 1. The number of methoxy groups -OCH3 is 1. The van der Waals surface area contributed by atoms with Gasteiger partial charge in [-0.1, -0.05) is 36.4 Å². The van der Waals surface area contributed by atoms with E-state index in [2.05, 4.69) is 0 Å². The Hall–Kier alpha value is -1.86. The molecule has 0 amide bonds. The molecule has 3 atom stereocenters. The van der Waals surface area contributed by atoms with Crippen LogP contribution in [0, 0.1) is 5.92 Å². The lowest BCUT2D eigenvalue weighted by atomic mass is 9.78. The molecule has 0 saturated heterocycles. The first kappa shape index (κ1) is 21.4. The number of carbonyl (C=O) groups excluding carboxylic acids is 1. The summed E-state index contributed by atoms with van der Waals surface area (Å²) in [4.78, 5) is 12.8. The molecule has 0 radical (unpaired) electrons. The minimum absolute atomic E-state index is 0.237. The summed E-state index contributed by atoms with van der Waals surface area (Å²) in [5, 5.41) is 10.2. The number of carbonyl (C=O) groups is 1. The van der Waals surface area contributed by atoms with Crippen molar-refractivity contribution in [2.24, 2.45) is 5.92 Å². The first-order chi connectivity index (χ1) is 12.4. The minimum atomic E-state index is -5.01. The standard InChI is InChI=1S/C20H25F3O4/c1-13-10-11-15(18(2,3)25)12-16(13)27-17(24)19(26-4,20(21,22)23)14-8-6-5-7-9-14/h5-10,15-16,25H,11-12H2,1-4H3/t15-,16+,19-/m0/s1. The van der Waals surface area contributed by atoms with E-state index in [0.717, 1.165) is 7.11 Å². The molecule has 0 heterocycles. The quantitative estimate of drug-likeness (QED) is 0.611. The second-order valence-electron chi connectivity index (χ2n) is 7.41. The molecule has 1 aliphatic carbocycles. The maximum atomic E-state index is 13.9. The molecular weight excluding hydrogens is 361 g/mol. The lowest BCUT2D eigenvalue weighted by Crippen LogP contribution is -2.53. The summed E-state index contributed by atoms with van der Waals surface area (Å²) in [5.41, 5.74) is -3.94. The van der Waals surface area contributed by atoms with Crippen molar-refractivity contribution < 1.29 is 32.5 Å². The number of ether oxygens (including phenoxy) is 2. The van der Waals surface area contributed by atoms with E-state index in [0.29, 0.717) is 12.0 Å². The molecule has 0 aromatic heterocycles. The van der Waals surface area contributed by atoms with Gasteiger partial charge in [-0.25, -0.2) is 4.79 Å². The molecule has 0 unspecified atom stereocenters. The summed E-state index contributed by atoms with van der Waals surface area (Å²) in [7, 11) is 0.838. The molecule has 0 aliphatic heterocycles. The zero-order valence-corrected chi connectivity index (χ0v) is 15.8. The maximum Gasteiger partial charge on any atom is 0.432 e. The number of rotatable bonds is 5. The fourth-order valence-electron chi connectivity index (χ4n) is 3.32. The topological polar surface area (TPSA) is 55.8 Å². The molecule has 1 aromatic carbocycles. The van der Waals surface area contributed by atoms with E-state index < -0.39 is 29.5 Å². The van der Waals surface area contributed by atoms with Gasteiger partial charge in [0.2, 0.25) is 0 Å². The number of hydrogen-bond donors (Lipinski definition) is 1. The van der Waals surface area contributed by atoms with Crippen molar-refractivity contribution >= 4 is 5.97 Å². The molecule has 0 bridgehead atoms. The lowest BCUT2D eigenvalue weighted by Gasteiger charge is -2.38. The molecule has 150 valence electrons. The smallest absolute Gasteiger partial charge is 0.432 e. The van der Waals surface area contributed by atoms with Crippen LogP contribution in [-0.4, -0.2) is 36.1 Å². The summed E-state index contributed by atoms with van der Waals surface area (Å²) in [6.45, 7) is 4.96. The van der Waals surface area contributed by atoms with Crippen LogP contribution < -0.4 is 0 Å². The van der Waals surface area contributed by atoms with Crippen molar-refractivity contribution in [2.45, 2.75) is 57.1 Å². The van der Waals surface area contributed by atoms with E-state index in [1.165, 1.54) is 24.3 Å². The Labute approximate surface area is 157 Å². The third-order valence-corrected chi connectivity index (χ3v) is 5.15. The Morgan fingerprint density at radius 3 is 2.26 bits per heavy atom. The molecule has 0 saturated carbocycles. The molecular formula is C20H25F3O4. The van der Waals surface area contributed by atoms with E-state index in [9.17, 15) is 23.1 Å². The fraction of sp³-hybridized carbons (Fsp3) is 0.550. The van der Waals surface area contributed by atoms with Gasteiger partial charge in [-0.2, -0.15) is 13.2 Å². The Balaban J connectivity index is 2.37. The molecule has 7 heteroatoms. The second-order valence-corrected chi connectivity index (χ2v) is 7.41. The number of esters is 1. The van der Waals surface area contributed by atoms with Gasteiger partial charge in [0, 0.05) is 12.7 Å². The first-order valence-electron chi connectivity index (χ1n) is 8.71. The van der Waals surface area contributed by atoms with Gasteiger partial charge in [-0.15, -0.1) is 0 Å². The van der Waals surface area contributed by atoms with Gasteiger partial charge < -0.3 is 14.6 Å². The van der Waals surface area contributed by atoms with Crippen molar-refractivity contribution in [3.05, 3.63) is 47.5 Å². The van der Waals surface area contributed by atoms with Crippen LogP contribution >= 0.6 is 0 Å². The van der Waals surface area contributed by atoms with Crippen LogP contribution in [0.1, 0.15) is 39.2 Å². The van der Waals surface area contributed by atoms with E-state index in [-0.39, 0.29) is 17.9 Å². The first-order valence-corrected chi connectivity index (χ1v) is 8.71. The highest BCUT2D eigenvalue weighted by molar-refractivity contribution is 5.83. The SMILES string of the molecule is CO[C@](C(=O)O[C@@H]1C[C@@H](C(C)(C)O)CC=C1C)(c1ccccc1)C(F)(F)F. The maximum absolute atomic E-state index is 13.9. The number of aliphatic hydroxyl groups is 1. The average Bonchev–Trinajstić information content (AvgIpc) is 2.56. The largest absolute Gasteiger partial charge is 0.455 e. The van der Waals surface area contributed by atoms with E-state index in [1.54, 1.807) is 32.9 Å². The zero-order valence-electron chi connectivity index (χ0n) is 15.8. The Morgan fingerprint density at radius 2 is 1.78 bits per heavy atom. The van der Waals surface area contributed by atoms with Gasteiger partial charge in [0.15, 0.2) is 0 Å². The molecule has 0 fully saturated rings. The number of alkyl halides is 3. The monoisotopic (exact) mass is 386 g/mol. The van der Waals surface area contributed by atoms with Crippen LogP contribution in [0.25, 0.3) is 0 Å². The number of allylic oxidation sites excluding steroid dienone is 1. The number of hydrogen-bond acceptors (Lipinski definition) is 4. The van der Waals surface area contributed by atoms with Crippen molar-refractivity contribution in [1.29, 1.82) is 0 Å². The summed E-state index contributed by atoms with van der Waals surface area (Å²) in [6.07, 6.45) is -3.28. The zero-order chi connectivity index (χ0) is 20.5. The molecule has 27 heavy (non-hydrogen) atoms. The van der Waals surface area contributed by atoms with Crippen LogP contribution in [0.5, 0.6) is 0 Å². The average molecular weight is 386 g/mol. The van der Waals surface area contributed by atoms with Gasteiger partial charge >= 0.3 is 12.1 Å². The van der Waals surface area contributed by atoms with Gasteiger partial charge in [0.05, 0.1) is 5.60 Å². The Kier molecular flexibility index (Phi) is 6.06. The van der Waals surface area contributed by atoms with Crippen LogP contribution in [-0.2, 0) is 19.9 Å². The highest BCUT2D eigenvalue weighted by atomic mass is 19.4. The molecule has 1 aliphatic rings. The molecule has 1 N–H and O–H groups in total. The van der Waals surface area contributed by atoms with Crippen LogP contribution in [0.15, 0.2) is 42.0 Å². The second kappa shape index (κ2) is 7.64. The van der Waals surface area contributed by atoms with Gasteiger partial charge in [0.1, 0.15) is 6.10 Å². The van der Waals surface area contributed by atoms with Crippen molar-refractivity contribution in [2.75, 3.05) is 7.11 Å². The lowest BCUT2D eigenvalue weighted by molar-refractivity contribution is -0.278. The van der Waals surface area contributed by atoms with E-state index >= 15 is 0 Å². The highest BCUT2D eigenvalue weighted by Gasteiger charge is 2.64. The number of halogens is 3.